The maximum atomic E-state index is 13.9. The third-order valence-corrected chi connectivity index (χ3v) is 9.37. The molecule has 1 saturated heterocycles. The zero-order valence-electron chi connectivity index (χ0n) is 24.1. The Morgan fingerprint density at radius 2 is 1.48 bits per heavy atom. The highest BCUT2D eigenvalue weighted by Crippen LogP contribution is 2.45. The molecule has 0 radical (unpaired) electrons. The molecule has 2 aliphatic rings. The lowest BCUT2D eigenvalue weighted by Gasteiger charge is -2.32. The maximum absolute atomic E-state index is 13.9. The normalized spacial score (nSPS) is 22.4. The summed E-state index contributed by atoms with van der Waals surface area (Å²) in [4.78, 5) is 16.1. The molecule has 1 amide bonds. The van der Waals surface area contributed by atoms with Crippen LogP contribution in [0, 0.1) is 0 Å². The van der Waals surface area contributed by atoms with E-state index in [0.29, 0.717) is 28.3 Å². The Bertz CT molecular complexity index is 1430. The number of rotatable bonds is 6. The van der Waals surface area contributed by atoms with E-state index in [4.69, 9.17) is 9.31 Å². The van der Waals surface area contributed by atoms with Gasteiger partial charge in [-0.1, -0.05) is 54.6 Å². The van der Waals surface area contributed by atoms with E-state index in [1.807, 2.05) is 90.9 Å². The largest absolute Gasteiger partial charge is 0.494 e. The summed E-state index contributed by atoms with van der Waals surface area (Å²) in [6.45, 7) is 14.2. The molecule has 7 nitrogen and oxygen atoms in total. The SMILES string of the molecule is CC(C)(C)NS(=O)c1ccc(C2(O)C(=O)N(Cc3ccc(B4OC(C)(C)C(C)(C)O4)cc3)c3ccccc32)cc1. The van der Waals surface area contributed by atoms with E-state index < -0.39 is 40.8 Å². The molecule has 0 spiro atoms. The van der Waals surface area contributed by atoms with Gasteiger partial charge >= 0.3 is 7.12 Å². The molecule has 2 heterocycles. The Kier molecular flexibility index (Phi) is 7.12. The molecule has 3 aromatic carbocycles. The minimum absolute atomic E-state index is 0.291. The van der Waals surface area contributed by atoms with Gasteiger partial charge in [0.15, 0.2) is 5.60 Å². The number of nitrogens with zero attached hydrogens (tertiary/aromatic N) is 1. The number of fused-ring (bicyclic) bond motifs is 1. The van der Waals surface area contributed by atoms with Crippen LogP contribution in [0.15, 0.2) is 77.7 Å². The van der Waals surface area contributed by atoms with Crippen LogP contribution in [-0.4, -0.2) is 39.1 Å². The first-order valence-corrected chi connectivity index (χ1v) is 14.7. The first-order chi connectivity index (χ1) is 18.6. The Morgan fingerprint density at radius 1 is 0.900 bits per heavy atom. The molecule has 9 heteroatoms. The van der Waals surface area contributed by atoms with Crippen LogP contribution in [-0.2, 0) is 37.2 Å². The fraction of sp³-hybridized carbons (Fsp3) is 0.387. The third kappa shape index (κ3) is 5.06. The number of anilines is 1. The lowest BCUT2D eigenvalue weighted by atomic mass is 9.79. The summed E-state index contributed by atoms with van der Waals surface area (Å²) >= 11 is 0. The second kappa shape index (κ2) is 9.92. The molecule has 3 aromatic rings. The highest BCUT2D eigenvalue weighted by atomic mass is 32.2. The first kappa shape index (κ1) is 28.7. The van der Waals surface area contributed by atoms with Crippen molar-refractivity contribution in [2.45, 2.75) is 82.2 Å². The monoisotopic (exact) mass is 560 g/mol. The van der Waals surface area contributed by atoms with Gasteiger partial charge in [-0.25, -0.2) is 8.93 Å². The number of aliphatic hydroxyl groups is 1. The lowest BCUT2D eigenvalue weighted by molar-refractivity contribution is -0.132. The standard InChI is InChI=1S/C31H37BN2O5S/c1-28(2,3)33-40(37)24-18-14-22(15-19-24)31(36)25-10-8-9-11-26(25)34(27(31)35)20-21-12-16-23(17-13-21)32-38-29(4,5)30(6,7)39-32/h8-19,33,36H,20H2,1-7H3. The second-order valence-corrected chi connectivity index (χ2v) is 13.8. The van der Waals surface area contributed by atoms with Crippen LogP contribution in [0.25, 0.3) is 0 Å². The van der Waals surface area contributed by atoms with E-state index >= 15 is 0 Å². The average Bonchev–Trinajstić information content (AvgIpc) is 3.24. The summed E-state index contributed by atoms with van der Waals surface area (Å²) in [5.41, 5.74) is 0.396. The molecule has 0 aromatic heterocycles. The van der Waals surface area contributed by atoms with E-state index in [1.165, 1.54) is 0 Å². The van der Waals surface area contributed by atoms with Crippen LogP contribution in [0.3, 0.4) is 0 Å². The molecule has 0 aliphatic carbocycles. The Morgan fingerprint density at radius 3 is 2.05 bits per heavy atom. The van der Waals surface area contributed by atoms with Crippen molar-refractivity contribution in [3.8, 4) is 0 Å². The van der Waals surface area contributed by atoms with Gasteiger partial charge in [0.2, 0.25) is 0 Å². The molecule has 2 unspecified atom stereocenters. The van der Waals surface area contributed by atoms with Crippen LogP contribution in [0.1, 0.15) is 65.2 Å². The fourth-order valence-corrected chi connectivity index (χ4v) is 6.03. The smallest absolute Gasteiger partial charge is 0.399 e. The number of nitrogens with one attached hydrogen (secondary N) is 1. The van der Waals surface area contributed by atoms with Crippen molar-refractivity contribution in [2.75, 3.05) is 4.90 Å². The average molecular weight is 561 g/mol. The van der Waals surface area contributed by atoms with Crippen molar-refractivity contribution in [1.29, 1.82) is 0 Å². The van der Waals surface area contributed by atoms with Gasteiger partial charge in [-0.05, 0) is 83.3 Å². The van der Waals surface area contributed by atoms with Crippen LogP contribution < -0.4 is 15.1 Å². The lowest BCUT2D eigenvalue weighted by Crippen LogP contribution is -2.41. The number of amides is 1. The van der Waals surface area contributed by atoms with Gasteiger partial charge in [0, 0.05) is 11.1 Å². The highest BCUT2D eigenvalue weighted by molar-refractivity contribution is 7.83. The molecule has 1 fully saturated rings. The zero-order valence-corrected chi connectivity index (χ0v) is 25.0. The van der Waals surface area contributed by atoms with Crippen molar-refractivity contribution in [3.63, 3.8) is 0 Å². The molecule has 40 heavy (non-hydrogen) atoms. The van der Waals surface area contributed by atoms with Crippen molar-refractivity contribution in [1.82, 2.24) is 4.72 Å². The number of carbonyl (C=O) groups is 1. The molecule has 5 rings (SSSR count). The zero-order chi connectivity index (χ0) is 29.1. The predicted molar refractivity (Wildman–Crippen MR) is 159 cm³/mol. The van der Waals surface area contributed by atoms with Crippen LogP contribution in [0.2, 0.25) is 0 Å². The summed E-state index contributed by atoms with van der Waals surface area (Å²) in [7, 11) is -1.88. The van der Waals surface area contributed by atoms with Crippen LogP contribution in [0.4, 0.5) is 5.69 Å². The van der Waals surface area contributed by atoms with Gasteiger partial charge in [-0.3, -0.25) is 4.79 Å². The second-order valence-electron chi connectivity index (χ2n) is 12.6. The van der Waals surface area contributed by atoms with Gasteiger partial charge in [-0.15, -0.1) is 0 Å². The van der Waals surface area contributed by atoms with Crippen molar-refractivity contribution < 1.29 is 23.4 Å². The molecular weight excluding hydrogens is 523 g/mol. The summed E-state index contributed by atoms with van der Waals surface area (Å²) in [5, 5.41) is 11.9. The van der Waals surface area contributed by atoms with E-state index in [9.17, 15) is 14.1 Å². The van der Waals surface area contributed by atoms with Gasteiger partial charge in [0.1, 0.15) is 11.0 Å². The van der Waals surface area contributed by atoms with Gasteiger partial charge < -0.3 is 19.3 Å². The molecule has 210 valence electrons. The molecule has 2 aliphatic heterocycles. The topological polar surface area (TPSA) is 88.1 Å². The minimum Gasteiger partial charge on any atom is -0.399 e. The van der Waals surface area contributed by atoms with Gasteiger partial charge in [-0.2, -0.15) is 0 Å². The molecule has 0 saturated carbocycles. The fourth-order valence-electron chi connectivity index (χ4n) is 4.97. The highest BCUT2D eigenvalue weighted by Gasteiger charge is 2.52. The third-order valence-electron chi connectivity index (χ3n) is 7.87. The van der Waals surface area contributed by atoms with Crippen molar-refractivity contribution in [3.05, 3.63) is 89.5 Å². The quantitative estimate of drug-likeness (QED) is 0.442. The number of hydrogen-bond acceptors (Lipinski definition) is 5. The predicted octanol–water partition coefficient (Wildman–Crippen LogP) is 4.18. The summed E-state index contributed by atoms with van der Waals surface area (Å²) in [6, 6.07) is 21.9. The number of carbonyl (C=O) groups excluding carboxylic acids is 1. The van der Waals surface area contributed by atoms with Gasteiger partial charge in [0.25, 0.3) is 5.91 Å². The molecular formula is C31H37BN2O5S. The van der Waals surface area contributed by atoms with Crippen LogP contribution >= 0.6 is 0 Å². The number of hydrogen-bond donors (Lipinski definition) is 2. The summed E-state index contributed by atoms with van der Waals surface area (Å²) < 4.78 is 28.1. The molecule has 2 N–H and O–H groups in total. The van der Waals surface area contributed by atoms with E-state index in [0.717, 1.165) is 11.0 Å². The van der Waals surface area contributed by atoms with Gasteiger partial charge in [0.05, 0.1) is 28.3 Å². The molecule has 2 atom stereocenters. The van der Waals surface area contributed by atoms with E-state index in [-0.39, 0.29) is 5.54 Å². The Hall–Kier alpha value is -2.82. The maximum Gasteiger partial charge on any atom is 0.494 e. The van der Waals surface area contributed by atoms with E-state index in [1.54, 1.807) is 35.2 Å². The summed E-state index contributed by atoms with van der Waals surface area (Å²) in [6.07, 6.45) is 0. The van der Waals surface area contributed by atoms with Crippen molar-refractivity contribution in [2.24, 2.45) is 0 Å². The molecule has 0 bridgehead atoms. The first-order valence-electron chi connectivity index (χ1n) is 13.5. The van der Waals surface area contributed by atoms with Crippen molar-refractivity contribution >= 4 is 35.2 Å². The number of benzene rings is 3. The van der Waals surface area contributed by atoms with Crippen LogP contribution in [0.5, 0.6) is 0 Å². The summed E-state index contributed by atoms with van der Waals surface area (Å²) in [5.74, 6) is -0.426. The Labute approximate surface area is 239 Å². The Balaban J connectivity index is 1.39. The van der Waals surface area contributed by atoms with E-state index in [2.05, 4.69) is 4.72 Å². The minimum atomic E-state index is -1.85. The number of para-hydroxylation sites is 1.